The molecule has 4 rings (SSSR count). The lowest BCUT2D eigenvalue weighted by molar-refractivity contribution is 0.180. The van der Waals surface area contributed by atoms with Crippen LogP contribution >= 0.6 is 0 Å². The maximum atomic E-state index is 14.6. The number of hydrogen-bond acceptors (Lipinski definition) is 3. The fourth-order valence-corrected chi connectivity index (χ4v) is 3.70. The van der Waals surface area contributed by atoms with Crippen molar-refractivity contribution in [2.45, 2.75) is 12.6 Å². The first kappa shape index (κ1) is 18.9. The van der Waals surface area contributed by atoms with Crippen LogP contribution in [0, 0.1) is 5.82 Å². The predicted molar refractivity (Wildman–Crippen MR) is 108 cm³/mol. The van der Waals surface area contributed by atoms with Crippen LogP contribution in [0.25, 0.3) is 0 Å². The Hall–Kier alpha value is -3.48. The maximum Gasteiger partial charge on any atom is 0.322 e. The van der Waals surface area contributed by atoms with Gasteiger partial charge in [-0.1, -0.05) is 18.2 Å². The lowest BCUT2D eigenvalue weighted by Gasteiger charge is -2.37. The average Bonchev–Trinajstić information content (AvgIpc) is 3.22. The second kappa shape index (κ2) is 7.87. The van der Waals surface area contributed by atoms with E-state index in [4.69, 9.17) is 9.47 Å². The van der Waals surface area contributed by atoms with Crippen molar-refractivity contribution in [3.8, 4) is 11.5 Å². The Labute approximate surface area is 168 Å². The van der Waals surface area contributed by atoms with Crippen molar-refractivity contribution in [1.29, 1.82) is 0 Å². The maximum absolute atomic E-state index is 14.6. The number of nitrogens with one attached hydrogen (secondary N) is 1. The first-order valence-corrected chi connectivity index (χ1v) is 9.31. The molecule has 1 atom stereocenters. The number of benzene rings is 2. The van der Waals surface area contributed by atoms with E-state index in [1.165, 1.54) is 6.07 Å². The number of carbonyl (C=O) groups excluding carboxylic acids is 1. The lowest BCUT2D eigenvalue weighted by atomic mass is 9.99. The summed E-state index contributed by atoms with van der Waals surface area (Å²) in [6, 6.07) is 14.7. The minimum Gasteiger partial charge on any atom is -0.497 e. The minimum absolute atomic E-state index is 0.319. The summed E-state index contributed by atoms with van der Waals surface area (Å²) < 4.78 is 27.2. The van der Waals surface area contributed by atoms with Gasteiger partial charge in [0.1, 0.15) is 23.4 Å². The molecule has 1 N–H and O–H groups in total. The summed E-state index contributed by atoms with van der Waals surface area (Å²) in [7, 11) is 3.10. The number of amides is 2. The molecule has 1 aliphatic heterocycles. The molecule has 1 unspecified atom stereocenters. The van der Waals surface area contributed by atoms with E-state index in [0.717, 1.165) is 5.69 Å². The molecule has 0 saturated carbocycles. The number of nitrogens with zero attached hydrogens (tertiary/aromatic N) is 2. The number of fused-ring (bicyclic) bond motifs is 1. The molecular formula is C22H22FN3O3. The standard InChI is InChI=1S/C22H22FN3O3/c1-28-16-12-15(13-17(14-16)29-2)24-22(27)26-11-10-25-9-5-8-20(25)21(26)18-6-3-4-7-19(18)23/h3-9,12-14,21H,10-11H2,1-2H3,(H,24,27). The highest BCUT2D eigenvalue weighted by Gasteiger charge is 2.33. The predicted octanol–water partition coefficient (Wildman–Crippen LogP) is 4.28. The van der Waals surface area contributed by atoms with Gasteiger partial charge in [-0.3, -0.25) is 0 Å². The van der Waals surface area contributed by atoms with Gasteiger partial charge in [0.2, 0.25) is 0 Å². The summed E-state index contributed by atoms with van der Waals surface area (Å²) in [6.07, 6.45) is 1.95. The van der Waals surface area contributed by atoms with E-state index >= 15 is 0 Å². The van der Waals surface area contributed by atoms with E-state index in [1.54, 1.807) is 55.5 Å². The second-order valence-corrected chi connectivity index (χ2v) is 6.78. The Morgan fingerprint density at radius 2 is 1.76 bits per heavy atom. The van der Waals surface area contributed by atoms with Gasteiger partial charge in [0.15, 0.2) is 0 Å². The van der Waals surface area contributed by atoms with E-state index in [1.807, 2.05) is 18.3 Å². The summed E-state index contributed by atoms with van der Waals surface area (Å²) in [5.74, 6) is 0.795. The van der Waals surface area contributed by atoms with E-state index < -0.39 is 6.04 Å². The first-order valence-electron chi connectivity index (χ1n) is 9.31. The largest absolute Gasteiger partial charge is 0.497 e. The molecule has 0 bridgehead atoms. The second-order valence-electron chi connectivity index (χ2n) is 6.78. The molecule has 0 spiro atoms. The molecule has 6 nitrogen and oxygen atoms in total. The van der Waals surface area contributed by atoms with Gasteiger partial charge < -0.3 is 24.3 Å². The molecule has 2 heterocycles. The normalized spacial score (nSPS) is 15.6. The van der Waals surface area contributed by atoms with Crippen molar-refractivity contribution in [3.63, 3.8) is 0 Å². The van der Waals surface area contributed by atoms with Crippen LogP contribution in [0.2, 0.25) is 0 Å². The zero-order valence-corrected chi connectivity index (χ0v) is 16.3. The highest BCUT2D eigenvalue weighted by molar-refractivity contribution is 5.90. The number of aromatic nitrogens is 1. The monoisotopic (exact) mass is 395 g/mol. The van der Waals surface area contributed by atoms with Gasteiger partial charge >= 0.3 is 6.03 Å². The van der Waals surface area contributed by atoms with Crippen LogP contribution in [-0.2, 0) is 6.54 Å². The van der Waals surface area contributed by atoms with E-state index in [2.05, 4.69) is 9.88 Å². The molecule has 0 aliphatic carbocycles. The van der Waals surface area contributed by atoms with Crippen LogP contribution in [0.4, 0.5) is 14.9 Å². The third kappa shape index (κ3) is 3.63. The SMILES string of the molecule is COc1cc(NC(=O)N2CCn3cccc3C2c2ccccc2F)cc(OC)c1. The molecule has 1 aliphatic rings. The van der Waals surface area contributed by atoms with E-state index in [0.29, 0.717) is 35.8 Å². The van der Waals surface area contributed by atoms with Crippen LogP contribution in [0.3, 0.4) is 0 Å². The van der Waals surface area contributed by atoms with Crippen molar-refractivity contribution >= 4 is 11.7 Å². The Morgan fingerprint density at radius 3 is 2.45 bits per heavy atom. The van der Waals surface area contributed by atoms with Gasteiger partial charge in [-0.05, 0) is 18.2 Å². The number of urea groups is 1. The average molecular weight is 395 g/mol. The van der Waals surface area contributed by atoms with Crippen molar-refractivity contribution in [2.24, 2.45) is 0 Å². The van der Waals surface area contributed by atoms with Gasteiger partial charge in [0.05, 0.1) is 14.2 Å². The zero-order valence-electron chi connectivity index (χ0n) is 16.3. The molecule has 150 valence electrons. The number of rotatable bonds is 4. The fourth-order valence-electron chi connectivity index (χ4n) is 3.70. The van der Waals surface area contributed by atoms with E-state index in [-0.39, 0.29) is 11.8 Å². The Morgan fingerprint density at radius 1 is 1.03 bits per heavy atom. The molecule has 0 radical (unpaired) electrons. The van der Waals surface area contributed by atoms with Crippen molar-refractivity contribution in [3.05, 3.63) is 77.9 Å². The number of carbonyl (C=O) groups is 1. The van der Waals surface area contributed by atoms with Crippen LogP contribution in [0.1, 0.15) is 17.3 Å². The Kier molecular flexibility index (Phi) is 5.12. The molecule has 2 aromatic carbocycles. The van der Waals surface area contributed by atoms with Gasteiger partial charge in [0, 0.05) is 54.4 Å². The van der Waals surface area contributed by atoms with Crippen molar-refractivity contribution in [1.82, 2.24) is 9.47 Å². The van der Waals surface area contributed by atoms with Crippen LogP contribution < -0.4 is 14.8 Å². The third-order valence-corrected chi connectivity index (χ3v) is 5.10. The summed E-state index contributed by atoms with van der Waals surface area (Å²) >= 11 is 0. The number of anilines is 1. The molecule has 2 amide bonds. The molecule has 0 saturated heterocycles. The molecule has 1 aromatic heterocycles. The zero-order chi connectivity index (χ0) is 20.4. The van der Waals surface area contributed by atoms with E-state index in [9.17, 15) is 9.18 Å². The van der Waals surface area contributed by atoms with Crippen molar-refractivity contribution < 1.29 is 18.7 Å². The highest BCUT2D eigenvalue weighted by Crippen LogP contribution is 2.34. The third-order valence-electron chi connectivity index (χ3n) is 5.10. The summed E-state index contributed by atoms with van der Waals surface area (Å²) in [4.78, 5) is 14.8. The number of halogens is 1. The highest BCUT2D eigenvalue weighted by atomic mass is 19.1. The molecule has 3 aromatic rings. The molecular weight excluding hydrogens is 373 g/mol. The smallest absolute Gasteiger partial charge is 0.322 e. The topological polar surface area (TPSA) is 55.7 Å². The quantitative estimate of drug-likeness (QED) is 0.717. The Bertz CT molecular complexity index is 1010. The first-order chi connectivity index (χ1) is 14.1. The number of hydrogen-bond donors (Lipinski definition) is 1. The summed E-state index contributed by atoms with van der Waals surface area (Å²) in [6.45, 7) is 1.09. The minimum atomic E-state index is -0.521. The van der Waals surface area contributed by atoms with Gasteiger partial charge in [-0.2, -0.15) is 0 Å². The van der Waals surface area contributed by atoms with Crippen molar-refractivity contribution in [2.75, 3.05) is 26.1 Å². The van der Waals surface area contributed by atoms with Gasteiger partial charge in [-0.25, -0.2) is 9.18 Å². The molecule has 0 fully saturated rings. The number of ether oxygens (including phenoxy) is 2. The van der Waals surface area contributed by atoms with Crippen LogP contribution in [-0.4, -0.2) is 36.3 Å². The molecule has 7 heteroatoms. The van der Waals surface area contributed by atoms with Crippen LogP contribution in [0.5, 0.6) is 11.5 Å². The fraction of sp³-hybridized carbons (Fsp3) is 0.227. The summed E-state index contributed by atoms with van der Waals surface area (Å²) in [5.41, 5.74) is 1.88. The van der Waals surface area contributed by atoms with Gasteiger partial charge in [0.25, 0.3) is 0 Å². The van der Waals surface area contributed by atoms with Crippen LogP contribution in [0.15, 0.2) is 60.8 Å². The molecule has 29 heavy (non-hydrogen) atoms. The number of methoxy groups -OCH3 is 2. The van der Waals surface area contributed by atoms with Gasteiger partial charge in [-0.15, -0.1) is 0 Å². The Balaban J connectivity index is 1.68. The summed E-state index contributed by atoms with van der Waals surface area (Å²) in [5, 5.41) is 2.90. The lowest BCUT2D eigenvalue weighted by Crippen LogP contribution is -2.44.